The number of ether oxygens (including phenoxy) is 1. The van der Waals surface area contributed by atoms with Crippen LogP contribution in [0.5, 0.6) is 0 Å². The Kier molecular flexibility index (Phi) is 4.85. The van der Waals surface area contributed by atoms with Crippen molar-refractivity contribution in [3.8, 4) is 0 Å². The fourth-order valence-electron chi connectivity index (χ4n) is 0.529. The third kappa shape index (κ3) is 4.78. The van der Waals surface area contributed by atoms with E-state index in [1.54, 1.807) is 0 Å². The first-order chi connectivity index (χ1) is 5.93. The minimum Gasteiger partial charge on any atom is -0.479 e. The van der Waals surface area contributed by atoms with Crippen LogP contribution < -0.4 is 9.44 Å². The molecular weight excluding hydrogens is 200 g/mol. The molecule has 1 unspecified atom stereocenters. The van der Waals surface area contributed by atoms with Gasteiger partial charge in [0.05, 0.1) is 0 Å². The van der Waals surface area contributed by atoms with E-state index in [1.165, 1.54) is 14.2 Å². The van der Waals surface area contributed by atoms with Gasteiger partial charge >= 0.3 is 5.97 Å². The molecule has 0 aromatic carbocycles. The molecule has 0 amide bonds. The Bertz CT molecular complexity index is 262. The van der Waals surface area contributed by atoms with E-state index in [0.717, 1.165) is 0 Å². The molecule has 0 fully saturated rings. The first-order valence-electron chi connectivity index (χ1n) is 3.36. The van der Waals surface area contributed by atoms with Gasteiger partial charge in [-0.1, -0.05) is 0 Å². The summed E-state index contributed by atoms with van der Waals surface area (Å²) in [5.74, 6) is -1.22. The van der Waals surface area contributed by atoms with E-state index < -0.39 is 22.3 Å². The highest BCUT2D eigenvalue weighted by Crippen LogP contribution is 1.88. The number of carboxylic acid groups (broad SMARTS) is 1. The van der Waals surface area contributed by atoms with Crippen LogP contribution in [0.2, 0.25) is 0 Å². The summed E-state index contributed by atoms with van der Waals surface area (Å²) in [7, 11) is -1.20. The Hall–Kier alpha value is -0.700. The summed E-state index contributed by atoms with van der Waals surface area (Å²) in [6.45, 7) is -0.311. The highest BCUT2D eigenvalue weighted by Gasteiger charge is 2.18. The van der Waals surface area contributed by atoms with E-state index in [4.69, 9.17) is 5.11 Å². The molecular formula is C5H12N2O5S. The second-order valence-electron chi connectivity index (χ2n) is 2.12. The van der Waals surface area contributed by atoms with Gasteiger partial charge in [-0.2, -0.15) is 13.1 Å². The summed E-state index contributed by atoms with van der Waals surface area (Å²) in [6, 6.07) is 0. The van der Waals surface area contributed by atoms with Crippen molar-refractivity contribution in [1.29, 1.82) is 0 Å². The molecule has 0 saturated carbocycles. The smallest absolute Gasteiger partial charge is 0.334 e. The van der Waals surface area contributed by atoms with Gasteiger partial charge in [0, 0.05) is 20.7 Å². The van der Waals surface area contributed by atoms with Crippen LogP contribution in [-0.4, -0.2) is 46.3 Å². The second-order valence-corrected chi connectivity index (χ2v) is 3.82. The number of carbonyl (C=O) groups is 1. The van der Waals surface area contributed by atoms with Gasteiger partial charge in [-0.3, -0.25) is 0 Å². The van der Waals surface area contributed by atoms with E-state index in [1.807, 2.05) is 9.44 Å². The Morgan fingerprint density at radius 3 is 2.46 bits per heavy atom. The molecule has 0 aromatic heterocycles. The van der Waals surface area contributed by atoms with Gasteiger partial charge in [0.25, 0.3) is 10.2 Å². The summed E-state index contributed by atoms with van der Waals surface area (Å²) in [4.78, 5) is 10.4. The molecule has 0 bridgehead atoms. The van der Waals surface area contributed by atoms with E-state index in [2.05, 4.69) is 4.74 Å². The molecule has 0 rings (SSSR count). The first-order valence-corrected chi connectivity index (χ1v) is 4.85. The van der Waals surface area contributed by atoms with Crippen LogP contribution in [0.15, 0.2) is 0 Å². The van der Waals surface area contributed by atoms with Gasteiger partial charge in [0.1, 0.15) is 0 Å². The number of rotatable bonds is 6. The Labute approximate surface area is 76.3 Å². The van der Waals surface area contributed by atoms with E-state index in [0.29, 0.717) is 0 Å². The summed E-state index contributed by atoms with van der Waals surface area (Å²) >= 11 is 0. The van der Waals surface area contributed by atoms with E-state index in [-0.39, 0.29) is 6.54 Å². The van der Waals surface area contributed by atoms with Crippen molar-refractivity contribution in [1.82, 2.24) is 9.44 Å². The first kappa shape index (κ1) is 12.3. The van der Waals surface area contributed by atoms with Crippen LogP contribution in [0, 0.1) is 0 Å². The highest BCUT2D eigenvalue weighted by atomic mass is 32.2. The molecule has 0 spiro atoms. The average molecular weight is 212 g/mol. The van der Waals surface area contributed by atoms with Crippen molar-refractivity contribution in [3.63, 3.8) is 0 Å². The fourth-order valence-corrected chi connectivity index (χ4v) is 1.04. The summed E-state index contributed by atoms with van der Waals surface area (Å²) in [5, 5.41) is 8.46. The molecule has 1 atom stereocenters. The third-order valence-corrected chi connectivity index (χ3v) is 2.37. The van der Waals surface area contributed by atoms with Gasteiger partial charge < -0.3 is 9.84 Å². The molecule has 0 heterocycles. The molecule has 0 aliphatic heterocycles. The zero-order chi connectivity index (χ0) is 10.5. The minimum absolute atomic E-state index is 0.311. The molecule has 0 saturated heterocycles. The van der Waals surface area contributed by atoms with Crippen molar-refractivity contribution in [3.05, 3.63) is 0 Å². The lowest BCUT2D eigenvalue weighted by Gasteiger charge is -2.10. The highest BCUT2D eigenvalue weighted by molar-refractivity contribution is 7.87. The number of aliphatic carboxylic acids is 1. The lowest BCUT2D eigenvalue weighted by molar-refractivity contribution is -0.147. The number of hydrogen-bond acceptors (Lipinski definition) is 4. The quantitative estimate of drug-likeness (QED) is 0.479. The monoisotopic (exact) mass is 212 g/mol. The van der Waals surface area contributed by atoms with Gasteiger partial charge in [-0.25, -0.2) is 9.52 Å². The number of nitrogens with one attached hydrogen (secondary N) is 2. The van der Waals surface area contributed by atoms with Crippen molar-refractivity contribution in [2.24, 2.45) is 0 Å². The van der Waals surface area contributed by atoms with Gasteiger partial charge in [0.2, 0.25) is 0 Å². The standard InChI is InChI=1S/C5H12N2O5S/c1-6-13(10,11)7-3-4(12-2)5(8)9/h4,6-7H,3H2,1-2H3,(H,8,9). The number of methoxy groups -OCH3 is 1. The summed E-state index contributed by atoms with van der Waals surface area (Å²) in [6.07, 6.45) is -1.18. The summed E-state index contributed by atoms with van der Waals surface area (Å²) in [5.41, 5.74) is 0. The molecule has 0 aromatic rings. The maximum absolute atomic E-state index is 10.8. The largest absolute Gasteiger partial charge is 0.479 e. The van der Waals surface area contributed by atoms with Crippen LogP contribution >= 0.6 is 0 Å². The van der Waals surface area contributed by atoms with Crippen molar-refractivity contribution in [2.75, 3.05) is 20.7 Å². The number of carboxylic acids is 1. The maximum atomic E-state index is 10.8. The average Bonchev–Trinajstić information content (AvgIpc) is 2.05. The zero-order valence-electron chi connectivity index (χ0n) is 7.27. The van der Waals surface area contributed by atoms with Crippen LogP contribution in [0.25, 0.3) is 0 Å². The number of hydrogen-bond donors (Lipinski definition) is 3. The van der Waals surface area contributed by atoms with Crippen LogP contribution in [0.3, 0.4) is 0 Å². The lowest BCUT2D eigenvalue weighted by atomic mass is 10.4. The van der Waals surface area contributed by atoms with E-state index in [9.17, 15) is 13.2 Å². The minimum atomic E-state index is -3.60. The zero-order valence-corrected chi connectivity index (χ0v) is 8.09. The van der Waals surface area contributed by atoms with E-state index >= 15 is 0 Å². The maximum Gasteiger partial charge on any atom is 0.334 e. The van der Waals surface area contributed by atoms with Crippen LogP contribution in [0.4, 0.5) is 0 Å². The molecule has 0 aliphatic carbocycles. The molecule has 3 N–H and O–H groups in total. The third-order valence-electron chi connectivity index (χ3n) is 1.29. The summed E-state index contributed by atoms with van der Waals surface area (Å²) < 4.78 is 30.0. The van der Waals surface area contributed by atoms with Crippen molar-refractivity contribution in [2.45, 2.75) is 6.10 Å². The van der Waals surface area contributed by atoms with Crippen molar-refractivity contribution >= 4 is 16.2 Å². The Morgan fingerprint density at radius 1 is 1.62 bits per heavy atom. The normalized spacial score (nSPS) is 14.0. The predicted octanol–water partition coefficient (Wildman–Crippen LogP) is -1.86. The van der Waals surface area contributed by atoms with Crippen LogP contribution in [0.1, 0.15) is 0 Å². The Balaban J connectivity index is 4.07. The Morgan fingerprint density at radius 2 is 2.15 bits per heavy atom. The van der Waals surface area contributed by atoms with Gasteiger partial charge in [-0.15, -0.1) is 0 Å². The van der Waals surface area contributed by atoms with Crippen LogP contribution in [-0.2, 0) is 19.7 Å². The molecule has 7 nitrogen and oxygen atoms in total. The van der Waals surface area contributed by atoms with Crippen molar-refractivity contribution < 1.29 is 23.1 Å². The SMILES string of the molecule is CNS(=O)(=O)NCC(OC)C(=O)O. The topological polar surface area (TPSA) is 105 Å². The van der Waals surface area contributed by atoms with Gasteiger partial charge in [-0.05, 0) is 0 Å². The molecule has 0 radical (unpaired) electrons. The predicted molar refractivity (Wildman–Crippen MR) is 44.4 cm³/mol. The van der Waals surface area contributed by atoms with Gasteiger partial charge in [0.15, 0.2) is 6.10 Å². The fraction of sp³-hybridized carbons (Fsp3) is 0.800. The molecule has 78 valence electrons. The molecule has 8 heteroatoms. The molecule has 0 aliphatic rings. The lowest BCUT2D eigenvalue weighted by Crippen LogP contribution is -2.42. The molecule has 13 heavy (non-hydrogen) atoms. The second kappa shape index (κ2) is 5.12.